The van der Waals surface area contributed by atoms with Crippen LogP contribution in [0.5, 0.6) is 0 Å². The number of rotatable bonds is 0. The van der Waals surface area contributed by atoms with Crippen LogP contribution in [0.25, 0.3) is 0 Å². The highest BCUT2D eigenvalue weighted by atomic mass is 16.1. The van der Waals surface area contributed by atoms with Crippen molar-refractivity contribution in [1.29, 1.82) is 0 Å². The highest BCUT2D eigenvalue weighted by molar-refractivity contribution is 5.39. The molecule has 0 saturated heterocycles. The minimum atomic E-state index is 0.405. The molecule has 0 radical (unpaired) electrons. The summed E-state index contributed by atoms with van der Waals surface area (Å²) in [5.74, 6) is 0. The lowest BCUT2D eigenvalue weighted by Gasteiger charge is -1.99. The molecular weight excluding hydrogens is 124 g/mol. The summed E-state index contributed by atoms with van der Waals surface area (Å²) in [5.41, 5.74) is 2.77. The molecule has 54 valence electrons. The molecule has 10 heavy (non-hydrogen) atoms. The van der Waals surface area contributed by atoms with Gasteiger partial charge in [-0.2, -0.15) is 0 Å². The zero-order valence-corrected chi connectivity index (χ0v) is 6.15. The molecule has 0 amide bonds. The average molecular weight is 136 g/mol. The second-order valence-electron chi connectivity index (χ2n) is 3.20. The molecule has 0 unspecified atom stereocenters. The number of fused-ring (bicyclic) bond motifs is 1. The average Bonchev–Trinajstić information content (AvgIpc) is 2.39. The molecule has 1 aliphatic rings. The molecule has 0 spiro atoms. The van der Waals surface area contributed by atoms with E-state index >= 15 is 0 Å². The van der Waals surface area contributed by atoms with E-state index in [2.05, 4.69) is 0 Å². The Labute approximate surface area is 60.7 Å². The van der Waals surface area contributed by atoms with Crippen molar-refractivity contribution in [2.24, 2.45) is 0 Å². The van der Waals surface area contributed by atoms with Gasteiger partial charge < -0.3 is 0 Å². The van der Waals surface area contributed by atoms with Crippen molar-refractivity contribution in [2.45, 2.75) is 38.5 Å². The van der Waals surface area contributed by atoms with Crippen LogP contribution in [0.4, 0.5) is 0 Å². The van der Waals surface area contributed by atoms with Crippen LogP contribution < -0.4 is 5.43 Å². The first-order chi connectivity index (χ1) is 4.89. The van der Waals surface area contributed by atoms with Crippen LogP contribution in [0.15, 0.2) is 4.79 Å². The quantitative estimate of drug-likeness (QED) is 0.529. The van der Waals surface area contributed by atoms with Gasteiger partial charge in [0.15, 0.2) is 5.43 Å². The van der Waals surface area contributed by atoms with Crippen molar-refractivity contribution < 1.29 is 0 Å². The van der Waals surface area contributed by atoms with Gasteiger partial charge >= 0.3 is 0 Å². The lowest BCUT2D eigenvalue weighted by atomic mass is 10.1. The van der Waals surface area contributed by atoms with Gasteiger partial charge in [0.25, 0.3) is 0 Å². The smallest absolute Gasteiger partial charge is 0.185 e. The number of hydrogen-bond acceptors (Lipinski definition) is 1. The molecule has 1 aliphatic carbocycles. The fourth-order valence-corrected chi connectivity index (χ4v) is 1.73. The third-order valence-corrected chi connectivity index (χ3v) is 2.45. The van der Waals surface area contributed by atoms with Crippen LogP contribution >= 0.6 is 0 Å². The van der Waals surface area contributed by atoms with E-state index in [-0.39, 0.29) is 0 Å². The van der Waals surface area contributed by atoms with E-state index in [4.69, 9.17) is 0 Å². The highest BCUT2D eigenvalue weighted by Gasteiger charge is 2.21. The molecule has 0 aromatic heterocycles. The second kappa shape index (κ2) is 2.22. The van der Waals surface area contributed by atoms with Gasteiger partial charge in [-0.15, -0.1) is 0 Å². The van der Waals surface area contributed by atoms with Crippen molar-refractivity contribution in [3.05, 3.63) is 21.4 Å². The molecule has 0 atom stereocenters. The fraction of sp³-hybridized carbons (Fsp3) is 0.667. The summed E-state index contributed by atoms with van der Waals surface area (Å²) in [6.07, 6.45) is 7.28. The molecule has 0 N–H and O–H groups in total. The first-order valence-electron chi connectivity index (χ1n) is 4.16. The molecule has 2 rings (SSSR count). The molecule has 1 aromatic rings. The number of hydrogen-bond donors (Lipinski definition) is 0. The minimum absolute atomic E-state index is 0.405. The van der Waals surface area contributed by atoms with E-state index in [0.29, 0.717) is 5.43 Å². The zero-order chi connectivity index (χ0) is 6.97. The predicted octanol–water partition coefficient (Wildman–Crippen LogP) is 1.58. The van der Waals surface area contributed by atoms with E-state index in [1.165, 1.54) is 36.8 Å². The molecule has 0 aliphatic heterocycles. The predicted molar refractivity (Wildman–Crippen MR) is 41.0 cm³/mol. The van der Waals surface area contributed by atoms with Crippen LogP contribution in [0.2, 0.25) is 0 Å². The first kappa shape index (κ1) is 6.14. The Morgan fingerprint density at radius 1 is 0.800 bits per heavy atom. The minimum Gasteiger partial charge on any atom is -0.289 e. The SMILES string of the molecule is O=c1c2c1CCCCCC2. The van der Waals surface area contributed by atoms with Crippen molar-refractivity contribution in [2.75, 3.05) is 0 Å². The standard InChI is InChI=1S/C9H12O/c10-9-7-5-3-1-2-4-6-8(7)9/h1-6H2. The second-order valence-corrected chi connectivity index (χ2v) is 3.20. The summed E-state index contributed by atoms with van der Waals surface area (Å²) in [5, 5.41) is 0. The first-order valence-corrected chi connectivity index (χ1v) is 4.16. The Morgan fingerprint density at radius 3 is 1.80 bits per heavy atom. The summed E-state index contributed by atoms with van der Waals surface area (Å²) in [6, 6.07) is 0. The van der Waals surface area contributed by atoms with Crippen molar-refractivity contribution in [3.63, 3.8) is 0 Å². The van der Waals surface area contributed by atoms with Crippen LogP contribution in [-0.2, 0) is 12.8 Å². The molecule has 0 fully saturated rings. The molecule has 0 bridgehead atoms. The zero-order valence-electron chi connectivity index (χ0n) is 6.15. The topological polar surface area (TPSA) is 17.1 Å². The van der Waals surface area contributed by atoms with Gasteiger partial charge in [0.2, 0.25) is 0 Å². The van der Waals surface area contributed by atoms with Gasteiger partial charge in [0.05, 0.1) is 0 Å². The molecule has 0 heterocycles. The van der Waals surface area contributed by atoms with Crippen molar-refractivity contribution in [3.8, 4) is 0 Å². The third-order valence-electron chi connectivity index (χ3n) is 2.45. The van der Waals surface area contributed by atoms with Gasteiger partial charge in [-0.05, 0) is 25.7 Å². The summed E-state index contributed by atoms with van der Waals surface area (Å²) in [4.78, 5) is 11.0. The van der Waals surface area contributed by atoms with E-state index in [9.17, 15) is 4.79 Å². The maximum atomic E-state index is 11.0. The normalized spacial score (nSPS) is 20.0. The molecule has 1 nitrogen and oxygen atoms in total. The van der Waals surface area contributed by atoms with Gasteiger partial charge in [-0.1, -0.05) is 12.8 Å². The lowest BCUT2D eigenvalue weighted by Crippen LogP contribution is -1.87. The molecule has 0 saturated carbocycles. The van der Waals surface area contributed by atoms with Crippen molar-refractivity contribution in [1.82, 2.24) is 0 Å². The molecule has 1 heteroatoms. The molecule has 1 aromatic carbocycles. The summed E-state index contributed by atoms with van der Waals surface area (Å²) in [6.45, 7) is 0. The lowest BCUT2D eigenvalue weighted by molar-refractivity contribution is 0.631. The largest absolute Gasteiger partial charge is 0.289 e. The van der Waals surface area contributed by atoms with Crippen LogP contribution in [0.1, 0.15) is 36.8 Å². The van der Waals surface area contributed by atoms with E-state index < -0.39 is 0 Å². The highest BCUT2D eigenvalue weighted by Crippen LogP contribution is 2.20. The monoisotopic (exact) mass is 136 g/mol. The summed E-state index contributed by atoms with van der Waals surface area (Å²) in [7, 11) is 0. The Kier molecular flexibility index (Phi) is 1.37. The molecular formula is C9H12O. The van der Waals surface area contributed by atoms with Gasteiger partial charge in [0.1, 0.15) is 0 Å². The van der Waals surface area contributed by atoms with Gasteiger partial charge in [-0.25, -0.2) is 0 Å². The van der Waals surface area contributed by atoms with Gasteiger partial charge in [0, 0.05) is 11.1 Å². The summed E-state index contributed by atoms with van der Waals surface area (Å²) >= 11 is 0. The Balaban J connectivity index is 2.10. The maximum absolute atomic E-state index is 11.0. The van der Waals surface area contributed by atoms with E-state index in [0.717, 1.165) is 12.8 Å². The Bertz CT molecular complexity index is 217. The van der Waals surface area contributed by atoms with E-state index in [1.54, 1.807) is 0 Å². The third kappa shape index (κ3) is 0.898. The van der Waals surface area contributed by atoms with Crippen LogP contribution in [-0.4, -0.2) is 0 Å². The summed E-state index contributed by atoms with van der Waals surface area (Å²) < 4.78 is 0. The van der Waals surface area contributed by atoms with Crippen LogP contribution in [0, 0.1) is 0 Å². The van der Waals surface area contributed by atoms with Crippen molar-refractivity contribution >= 4 is 0 Å². The van der Waals surface area contributed by atoms with Crippen LogP contribution in [0.3, 0.4) is 0 Å². The van der Waals surface area contributed by atoms with E-state index in [1.807, 2.05) is 0 Å². The fourth-order valence-electron chi connectivity index (χ4n) is 1.73. The maximum Gasteiger partial charge on any atom is 0.185 e. The Morgan fingerprint density at radius 2 is 1.30 bits per heavy atom. The Hall–Kier alpha value is -0.590. The van der Waals surface area contributed by atoms with Gasteiger partial charge in [-0.3, -0.25) is 4.79 Å².